The third-order valence-electron chi connectivity index (χ3n) is 3.60. The number of hydrogen-bond acceptors (Lipinski definition) is 4. The molecule has 1 rings (SSSR count). The Morgan fingerprint density at radius 1 is 1.30 bits per heavy atom. The number of terminal acetylenes is 1. The summed E-state index contributed by atoms with van der Waals surface area (Å²) >= 11 is 0. The van der Waals surface area contributed by atoms with E-state index in [2.05, 4.69) is 11.2 Å². The minimum Gasteiger partial charge on any atom is -0.357 e. The molecule has 0 aliphatic rings. The predicted octanol–water partition coefficient (Wildman–Crippen LogP) is 3.99. The van der Waals surface area contributed by atoms with Crippen LogP contribution in [0.2, 0.25) is 0 Å². The molecule has 0 saturated carbocycles. The molecule has 1 atom stereocenters. The average Bonchev–Trinajstić information content (AvgIpc) is 2.58. The van der Waals surface area contributed by atoms with E-state index in [0.29, 0.717) is 6.61 Å². The van der Waals surface area contributed by atoms with E-state index in [4.69, 9.17) is 16.0 Å². The Balaban J connectivity index is 3.50. The zero-order valence-electron chi connectivity index (χ0n) is 16.1. The van der Waals surface area contributed by atoms with Crippen LogP contribution >= 0.6 is 0 Å². The molecule has 1 aromatic rings. The summed E-state index contributed by atoms with van der Waals surface area (Å²) in [6.07, 6.45) is 0.0868. The van der Waals surface area contributed by atoms with E-state index < -0.39 is 29.4 Å². The van der Waals surface area contributed by atoms with Crippen molar-refractivity contribution in [1.29, 1.82) is 0 Å². The molecule has 0 aromatic heterocycles. The lowest BCUT2D eigenvalue weighted by molar-refractivity contribution is -0.137. The Bertz CT molecular complexity index is 696. The molecule has 0 radical (unpaired) electrons. The van der Waals surface area contributed by atoms with Gasteiger partial charge in [0.1, 0.15) is 0 Å². The number of alkyl halides is 3. The molecule has 0 fully saturated rings. The number of hydrogen-bond donors (Lipinski definition) is 1. The van der Waals surface area contributed by atoms with Gasteiger partial charge in [0.05, 0.1) is 29.0 Å². The fourth-order valence-corrected chi connectivity index (χ4v) is 2.29. The first-order valence-electron chi connectivity index (χ1n) is 8.52. The molecule has 1 aromatic carbocycles. The van der Waals surface area contributed by atoms with Crippen LogP contribution in [-0.4, -0.2) is 30.9 Å². The summed E-state index contributed by atoms with van der Waals surface area (Å²) in [5.74, 6) is 1.80. The third kappa shape index (κ3) is 6.15. The van der Waals surface area contributed by atoms with Gasteiger partial charge < -0.3 is 10.1 Å². The molecule has 0 aliphatic carbocycles. The number of carbonyl (C=O) groups is 1. The zero-order valence-corrected chi connectivity index (χ0v) is 16.1. The van der Waals surface area contributed by atoms with Gasteiger partial charge in [-0.3, -0.25) is 9.63 Å². The molecule has 0 aliphatic heterocycles. The van der Waals surface area contributed by atoms with E-state index in [9.17, 15) is 18.0 Å². The highest BCUT2D eigenvalue weighted by Gasteiger charge is 2.34. The molecule has 8 heteroatoms. The summed E-state index contributed by atoms with van der Waals surface area (Å²) in [7, 11) is 0. The summed E-state index contributed by atoms with van der Waals surface area (Å²) in [4.78, 5) is 18.2. The van der Waals surface area contributed by atoms with E-state index in [1.807, 2.05) is 0 Å². The second-order valence-electron chi connectivity index (χ2n) is 6.25. The average molecular weight is 386 g/mol. The van der Waals surface area contributed by atoms with Crippen molar-refractivity contribution in [2.75, 3.05) is 18.3 Å². The molecule has 0 bridgehead atoms. The number of benzene rings is 1. The van der Waals surface area contributed by atoms with E-state index in [1.54, 1.807) is 34.6 Å². The minimum absolute atomic E-state index is 0.00803. The highest BCUT2D eigenvalue weighted by Crippen LogP contribution is 2.34. The van der Waals surface area contributed by atoms with Gasteiger partial charge in [0, 0.05) is 6.61 Å². The van der Waals surface area contributed by atoms with Gasteiger partial charge in [-0.15, -0.1) is 6.42 Å². The van der Waals surface area contributed by atoms with Crippen LogP contribution in [-0.2, 0) is 15.8 Å². The van der Waals surface area contributed by atoms with Crippen molar-refractivity contribution in [3.8, 4) is 12.3 Å². The van der Waals surface area contributed by atoms with Crippen molar-refractivity contribution in [1.82, 2.24) is 5.32 Å². The molecule has 1 unspecified atom stereocenters. The number of amides is 1. The van der Waals surface area contributed by atoms with Crippen molar-refractivity contribution < 1.29 is 27.5 Å². The van der Waals surface area contributed by atoms with Crippen molar-refractivity contribution >= 4 is 11.6 Å². The van der Waals surface area contributed by atoms with Crippen LogP contribution in [0.1, 0.15) is 50.5 Å². The summed E-state index contributed by atoms with van der Waals surface area (Å²) in [5, 5.41) is 3.77. The van der Waals surface area contributed by atoms with Crippen molar-refractivity contribution in [2.45, 2.75) is 52.6 Å². The molecule has 1 N–H and O–H groups in total. The topological polar surface area (TPSA) is 50.8 Å². The van der Waals surface area contributed by atoms with Gasteiger partial charge in [-0.25, -0.2) is 5.06 Å². The first kappa shape index (κ1) is 22.8. The second-order valence-corrected chi connectivity index (χ2v) is 6.25. The maximum Gasteiger partial charge on any atom is 0.416 e. The predicted molar refractivity (Wildman–Crippen MR) is 97.0 cm³/mol. The van der Waals surface area contributed by atoms with Crippen molar-refractivity contribution in [3.63, 3.8) is 0 Å². The summed E-state index contributed by atoms with van der Waals surface area (Å²) in [5.41, 5.74) is -1.94. The Labute approximate surface area is 157 Å². The van der Waals surface area contributed by atoms with Crippen LogP contribution in [0.5, 0.6) is 0 Å². The molecular weight excluding hydrogens is 361 g/mol. The van der Waals surface area contributed by atoms with E-state index in [-0.39, 0.29) is 17.9 Å². The van der Waals surface area contributed by atoms with Crippen LogP contribution in [0, 0.1) is 12.3 Å². The molecule has 0 spiro atoms. The standard InChI is InChI=1S/C19H25F3N2O3/c1-7-18(5,6)23-17(25)15-11-10-14(19(20,21)22)12-16(15)24(27-9-3)13(4)26-8-2/h1,10-13H,8-9H2,2-6H3,(H,23,25). The number of nitrogens with zero attached hydrogens (tertiary/aromatic N) is 1. The third-order valence-corrected chi connectivity index (χ3v) is 3.60. The highest BCUT2D eigenvalue weighted by atomic mass is 19.4. The number of carbonyl (C=O) groups excluding carboxylic acids is 1. The lowest BCUT2D eigenvalue weighted by atomic mass is 10.0. The molecule has 0 saturated heterocycles. The number of anilines is 1. The summed E-state index contributed by atoms with van der Waals surface area (Å²) in [6.45, 7) is 8.75. The largest absolute Gasteiger partial charge is 0.416 e. The number of nitrogens with one attached hydrogen (secondary N) is 1. The van der Waals surface area contributed by atoms with Crippen LogP contribution in [0.15, 0.2) is 18.2 Å². The summed E-state index contributed by atoms with van der Waals surface area (Å²) < 4.78 is 45.1. The normalized spacial score (nSPS) is 13.0. The van der Waals surface area contributed by atoms with Gasteiger partial charge >= 0.3 is 6.18 Å². The lowest BCUT2D eigenvalue weighted by Gasteiger charge is -2.31. The minimum atomic E-state index is -4.57. The monoisotopic (exact) mass is 386 g/mol. The van der Waals surface area contributed by atoms with E-state index in [0.717, 1.165) is 23.3 Å². The molecule has 27 heavy (non-hydrogen) atoms. The Morgan fingerprint density at radius 3 is 2.41 bits per heavy atom. The summed E-state index contributed by atoms with van der Waals surface area (Å²) in [6, 6.07) is 2.81. The van der Waals surface area contributed by atoms with Gasteiger partial charge in [-0.2, -0.15) is 13.2 Å². The SMILES string of the molecule is C#CC(C)(C)NC(=O)c1ccc(C(F)(F)F)cc1N(OCC)C(C)OCC. The molecule has 1 amide bonds. The van der Waals surface area contributed by atoms with Gasteiger partial charge in [0.15, 0.2) is 6.23 Å². The number of halogens is 3. The van der Waals surface area contributed by atoms with Crippen LogP contribution in [0.25, 0.3) is 0 Å². The van der Waals surface area contributed by atoms with Gasteiger partial charge in [-0.05, 0) is 52.8 Å². The van der Waals surface area contributed by atoms with Gasteiger partial charge in [0.2, 0.25) is 0 Å². The van der Waals surface area contributed by atoms with Crippen molar-refractivity contribution in [2.24, 2.45) is 0 Å². The van der Waals surface area contributed by atoms with Crippen molar-refractivity contribution in [3.05, 3.63) is 29.3 Å². The highest BCUT2D eigenvalue weighted by molar-refractivity contribution is 6.00. The Morgan fingerprint density at radius 2 is 1.93 bits per heavy atom. The number of ether oxygens (including phenoxy) is 1. The van der Waals surface area contributed by atoms with Gasteiger partial charge in [-0.1, -0.05) is 5.92 Å². The first-order valence-corrected chi connectivity index (χ1v) is 8.52. The maximum absolute atomic E-state index is 13.2. The molecular formula is C19H25F3N2O3. The van der Waals surface area contributed by atoms with E-state index >= 15 is 0 Å². The maximum atomic E-state index is 13.2. The number of rotatable bonds is 8. The zero-order chi connectivity index (χ0) is 20.8. The van der Waals surface area contributed by atoms with E-state index in [1.165, 1.54) is 0 Å². The Kier molecular flexibility index (Phi) is 7.69. The van der Waals surface area contributed by atoms with Gasteiger partial charge in [0.25, 0.3) is 5.91 Å². The van der Waals surface area contributed by atoms with Crippen LogP contribution < -0.4 is 10.4 Å². The quantitative estimate of drug-likeness (QED) is 0.417. The number of hydroxylamine groups is 1. The smallest absolute Gasteiger partial charge is 0.357 e. The van der Waals surface area contributed by atoms with Crippen LogP contribution in [0.4, 0.5) is 18.9 Å². The fraction of sp³-hybridized carbons (Fsp3) is 0.526. The molecule has 5 nitrogen and oxygen atoms in total. The fourth-order valence-electron chi connectivity index (χ4n) is 2.29. The Hall–Kier alpha value is -2.24. The first-order chi connectivity index (χ1) is 12.5. The van der Waals surface area contributed by atoms with Crippen LogP contribution in [0.3, 0.4) is 0 Å². The second kappa shape index (κ2) is 9.11. The molecule has 0 heterocycles. The lowest BCUT2D eigenvalue weighted by Crippen LogP contribution is -2.43. The molecule has 150 valence electrons.